The van der Waals surface area contributed by atoms with E-state index < -0.39 is 0 Å². The van der Waals surface area contributed by atoms with Crippen molar-refractivity contribution < 1.29 is 4.79 Å². The van der Waals surface area contributed by atoms with E-state index in [0.717, 1.165) is 11.1 Å². The fourth-order valence-corrected chi connectivity index (χ4v) is 1.41. The van der Waals surface area contributed by atoms with Crippen molar-refractivity contribution in [3.8, 4) is 0 Å². The molecule has 1 amide bonds. The second-order valence-electron chi connectivity index (χ2n) is 3.93. The molecule has 0 aliphatic rings. The number of carbonyl (C=O) groups is 1. The normalized spacial score (nSPS) is 11.4. The van der Waals surface area contributed by atoms with Crippen molar-refractivity contribution in [2.75, 3.05) is 0 Å². The molecule has 4 heteroatoms. The molecule has 0 spiro atoms. The fraction of sp³-hybridized carbons (Fsp3) is 0.143. The van der Waals surface area contributed by atoms with Crippen molar-refractivity contribution in [3.63, 3.8) is 0 Å². The first kappa shape index (κ1) is 13.7. The van der Waals surface area contributed by atoms with E-state index in [-0.39, 0.29) is 17.2 Å². The highest BCUT2D eigenvalue weighted by Gasteiger charge is 2.10. The third-order valence-electron chi connectivity index (χ3n) is 2.38. The second kappa shape index (κ2) is 5.82. The minimum absolute atomic E-state index is 0.207. The molecule has 1 aromatic heterocycles. The predicted molar refractivity (Wildman–Crippen MR) is 72.2 cm³/mol. The summed E-state index contributed by atoms with van der Waals surface area (Å²) in [6.07, 6.45) is 1.64. The molecular formula is C14H16N2O2. The Hall–Kier alpha value is -2.36. The average molecular weight is 244 g/mol. The van der Waals surface area contributed by atoms with Crippen molar-refractivity contribution >= 4 is 5.91 Å². The van der Waals surface area contributed by atoms with Crippen LogP contribution in [0.5, 0.6) is 0 Å². The topological polar surface area (TPSA) is 62.0 Å². The van der Waals surface area contributed by atoms with Crippen LogP contribution in [0, 0.1) is 0 Å². The highest BCUT2D eigenvalue weighted by Crippen LogP contribution is 2.11. The Kier molecular flexibility index (Phi) is 4.43. The van der Waals surface area contributed by atoms with Gasteiger partial charge in [-0.15, -0.1) is 0 Å². The maximum absolute atomic E-state index is 11.9. The lowest BCUT2D eigenvalue weighted by molar-refractivity contribution is 0.0961. The van der Waals surface area contributed by atoms with Gasteiger partial charge in [-0.2, -0.15) is 0 Å². The highest BCUT2D eigenvalue weighted by atomic mass is 16.2. The third kappa shape index (κ3) is 3.31. The summed E-state index contributed by atoms with van der Waals surface area (Å²) in [4.78, 5) is 25.5. The van der Waals surface area contributed by atoms with Crippen LogP contribution in [0.2, 0.25) is 0 Å². The molecule has 1 aromatic rings. The van der Waals surface area contributed by atoms with Gasteiger partial charge in [0.25, 0.3) is 5.91 Å². The van der Waals surface area contributed by atoms with Gasteiger partial charge in [0, 0.05) is 11.8 Å². The molecule has 1 heterocycles. The van der Waals surface area contributed by atoms with Crippen molar-refractivity contribution in [1.29, 1.82) is 0 Å². The van der Waals surface area contributed by atoms with Gasteiger partial charge in [0.05, 0.1) is 0 Å². The van der Waals surface area contributed by atoms with Crippen LogP contribution in [0.25, 0.3) is 0 Å². The maximum atomic E-state index is 11.9. The lowest BCUT2D eigenvalue weighted by Gasteiger charge is -2.11. The monoisotopic (exact) mass is 244 g/mol. The number of pyridine rings is 1. The van der Waals surface area contributed by atoms with Gasteiger partial charge < -0.3 is 10.3 Å². The summed E-state index contributed by atoms with van der Waals surface area (Å²) in [6.45, 7) is 11.1. The molecule has 0 atom stereocenters. The molecule has 0 radical (unpaired) electrons. The minimum atomic E-state index is -0.382. The maximum Gasteiger partial charge on any atom is 0.272 e. The van der Waals surface area contributed by atoms with Gasteiger partial charge in [0.1, 0.15) is 5.69 Å². The molecule has 0 fully saturated rings. The molecule has 0 saturated heterocycles. The molecule has 0 bridgehead atoms. The second-order valence-corrected chi connectivity index (χ2v) is 3.93. The molecule has 0 saturated carbocycles. The zero-order chi connectivity index (χ0) is 13.7. The van der Waals surface area contributed by atoms with Gasteiger partial charge in [0.15, 0.2) is 0 Å². The van der Waals surface area contributed by atoms with Crippen LogP contribution in [0.4, 0.5) is 0 Å². The number of amides is 1. The van der Waals surface area contributed by atoms with Gasteiger partial charge in [-0.25, -0.2) is 0 Å². The highest BCUT2D eigenvalue weighted by molar-refractivity contribution is 5.93. The summed E-state index contributed by atoms with van der Waals surface area (Å²) in [7, 11) is 0. The molecule has 0 aliphatic carbocycles. The van der Waals surface area contributed by atoms with E-state index in [2.05, 4.69) is 23.5 Å². The van der Waals surface area contributed by atoms with Crippen LogP contribution in [0.1, 0.15) is 24.3 Å². The van der Waals surface area contributed by atoms with E-state index in [4.69, 9.17) is 0 Å². The summed E-state index contributed by atoms with van der Waals surface area (Å²) in [6, 6.07) is 4.41. The van der Waals surface area contributed by atoms with Gasteiger partial charge in [-0.05, 0) is 31.1 Å². The molecule has 1 rings (SSSR count). The summed E-state index contributed by atoms with van der Waals surface area (Å²) in [5, 5.41) is 2.71. The SMILES string of the molecule is C=C/C(C)=C(/NC(=O)c1cccc(=O)[nH]1)C(=C)C. The Morgan fingerprint density at radius 2 is 2.06 bits per heavy atom. The van der Waals surface area contributed by atoms with Crippen molar-refractivity contribution in [3.05, 3.63) is 70.3 Å². The van der Waals surface area contributed by atoms with Gasteiger partial charge in [-0.1, -0.05) is 25.3 Å². The number of aromatic nitrogens is 1. The van der Waals surface area contributed by atoms with E-state index in [1.54, 1.807) is 13.0 Å². The zero-order valence-electron chi connectivity index (χ0n) is 10.5. The Morgan fingerprint density at radius 1 is 1.39 bits per heavy atom. The predicted octanol–water partition coefficient (Wildman–Crippen LogP) is 2.14. The number of carbonyl (C=O) groups excluding carboxylic acids is 1. The summed E-state index contributed by atoms with van der Waals surface area (Å²) >= 11 is 0. The molecule has 0 aliphatic heterocycles. The first-order valence-electron chi connectivity index (χ1n) is 5.45. The number of hydrogen-bond donors (Lipinski definition) is 2. The van der Waals surface area contributed by atoms with Crippen LogP contribution in [-0.2, 0) is 0 Å². The molecular weight excluding hydrogens is 228 g/mol. The van der Waals surface area contributed by atoms with E-state index in [9.17, 15) is 9.59 Å². The van der Waals surface area contributed by atoms with Gasteiger partial charge in [0.2, 0.25) is 5.56 Å². The number of rotatable bonds is 4. The number of allylic oxidation sites excluding steroid dienone is 3. The first-order valence-corrected chi connectivity index (χ1v) is 5.45. The fourth-order valence-electron chi connectivity index (χ4n) is 1.41. The van der Waals surface area contributed by atoms with E-state index in [1.807, 2.05) is 6.92 Å². The van der Waals surface area contributed by atoms with Gasteiger partial charge >= 0.3 is 0 Å². The first-order chi connectivity index (χ1) is 8.45. The largest absolute Gasteiger partial charge is 0.320 e. The van der Waals surface area contributed by atoms with Crippen molar-refractivity contribution in [2.24, 2.45) is 0 Å². The number of hydrogen-bond acceptors (Lipinski definition) is 2. The average Bonchev–Trinajstić information content (AvgIpc) is 2.34. The molecule has 4 nitrogen and oxygen atoms in total. The molecule has 2 N–H and O–H groups in total. The zero-order valence-corrected chi connectivity index (χ0v) is 10.5. The molecule has 0 aromatic carbocycles. The molecule has 18 heavy (non-hydrogen) atoms. The summed E-state index contributed by atoms with van der Waals surface area (Å²) in [5.41, 5.74) is 2.04. The molecule has 0 unspecified atom stereocenters. The lowest BCUT2D eigenvalue weighted by atomic mass is 10.1. The molecule has 94 valence electrons. The quantitative estimate of drug-likeness (QED) is 0.797. The van der Waals surface area contributed by atoms with E-state index >= 15 is 0 Å². The van der Waals surface area contributed by atoms with Crippen LogP contribution < -0.4 is 10.9 Å². The van der Waals surface area contributed by atoms with Gasteiger partial charge in [-0.3, -0.25) is 9.59 Å². The Bertz CT molecular complexity index is 579. The number of nitrogens with one attached hydrogen (secondary N) is 2. The summed E-state index contributed by atoms with van der Waals surface area (Å²) in [5.74, 6) is -0.382. The lowest BCUT2D eigenvalue weighted by Crippen LogP contribution is -2.26. The Labute approximate surface area is 106 Å². The van der Waals surface area contributed by atoms with Crippen LogP contribution in [0.15, 0.2) is 59.1 Å². The van der Waals surface area contributed by atoms with Crippen LogP contribution >= 0.6 is 0 Å². The Morgan fingerprint density at radius 3 is 2.56 bits per heavy atom. The van der Waals surface area contributed by atoms with Crippen molar-refractivity contribution in [1.82, 2.24) is 10.3 Å². The van der Waals surface area contributed by atoms with E-state index in [1.165, 1.54) is 18.2 Å². The smallest absolute Gasteiger partial charge is 0.272 e. The van der Waals surface area contributed by atoms with Crippen molar-refractivity contribution in [2.45, 2.75) is 13.8 Å². The Balaban J connectivity index is 3.04. The minimum Gasteiger partial charge on any atom is -0.320 e. The van der Waals surface area contributed by atoms with Crippen LogP contribution in [0.3, 0.4) is 0 Å². The third-order valence-corrected chi connectivity index (χ3v) is 2.38. The van der Waals surface area contributed by atoms with Crippen LogP contribution in [-0.4, -0.2) is 10.9 Å². The number of aromatic amines is 1. The number of H-pyrrole nitrogens is 1. The van der Waals surface area contributed by atoms with E-state index in [0.29, 0.717) is 5.70 Å². The summed E-state index contributed by atoms with van der Waals surface area (Å²) < 4.78 is 0. The standard InChI is InChI=1S/C14H16N2O2/c1-5-10(4)13(9(2)3)16-14(18)11-7-6-8-12(17)15-11/h5-8H,1-2H2,3-4H3,(H,15,17)(H,16,18)/b13-10+.